The molecule has 1 aromatic heterocycles. The highest BCUT2D eigenvalue weighted by Gasteiger charge is 2.16. The second kappa shape index (κ2) is 9.47. The Morgan fingerprint density at radius 1 is 1.08 bits per heavy atom. The van der Waals surface area contributed by atoms with Crippen LogP contribution in [0.4, 0.5) is 0 Å². The van der Waals surface area contributed by atoms with E-state index in [4.69, 9.17) is 9.47 Å². The molecule has 0 saturated heterocycles. The molecule has 0 aliphatic rings. The second-order valence-electron chi connectivity index (χ2n) is 6.05. The third-order valence-electron chi connectivity index (χ3n) is 3.81. The molecule has 5 heteroatoms. The van der Waals surface area contributed by atoms with Crippen LogP contribution in [-0.4, -0.2) is 31.1 Å². The Balaban J connectivity index is 2.16. The molecule has 0 atom stereocenters. The molecule has 0 unspecified atom stereocenters. The van der Waals surface area contributed by atoms with Crippen molar-refractivity contribution in [3.8, 4) is 11.5 Å². The lowest BCUT2D eigenvalue weighted by Gasteiger charge is -2.18. The van der Waals surface area contributed by atoms with E-state index in [1.807, 2.05) is 19.2 Å². The van der Waals surface area contributed by atoms with Crippen LogP contribution >= 0.6 is 11.3 Å². The summed E-state index contributed by atoms with van der Waals surface area (Å²) in [4.78, 5) is 15.7. The third kappa shape index (κ3) is 5.23. The Bertz CT molecular complexity index is 696. The first-order valence-electron chi connectivity index (χ1n) is 8.74. The molecular formula is C20H27NO3S. The molecule has 2 aromatic rings. The highest BCUT2D eigenvalue weighted by atomic mass is 32.1. The van der Waals surface area contributed by atoms with Crippen molar-refractivity contribution in [1.29, 1.82) is 0 Å². The summed E-state index contributed by atoms with van der Waals surface area (Å²) >= 11 is 1.68. The van der Waals surface area contributed by atoms with Crippen molar-refractivity contribution >= 4 is 17.2 Å². The zero-order valence-corrected chi connectivity index (χ0v) is 16.3. The van der Waals surface area contributed by atoms with Gasteiger partial charge in [0.1, 0.15) is 0 Å². The summed E-state index contributed by atoms with van der Waals surface area (Å²) in [6, 6.07) is 7.51. The lowest BCUT2D eigenvalue weighted by Crippen LogP contribution is -2.26. The first kappa shape index (κ1) is 19.3. The second-order valence-corrected chi connectivity index (χ2v) is 7.05. The fourth-order valence-corrected chi connectivity index (χ4v) is 3.33. The summed E-state index contributed by atoms with van der Waals surface area (Å²) in [5.41, 5.74) is 1.84. The van der Waals surface area contributed by atoms with Crippen molar-refractivity contribution in [3.63, 3.8) is 0 Å². The van der Waals surface area contributed by atoms with Crippen molar-refractivity contribution in [1.82, 2.24) is 4.90 Å². The lowest BCUT2D eigenvalue weighted by molar-refractivity contribution is 0.0785. The molecule has 1 aromatic carbocycles. The zero-order chi connectivity index (χ0) is 18.2. The van der Waals surface area contributed by atoms with Gasteiger partial charge in [0.05, 0.1) is 19.8 Å². The van der Waals surface area contributed by atoms with Gasteiger partial charge in [0, 0.05) is 17.5 Å². The van der Waals surface area contributed by atoms with E-state index in [9.17, 15) is 4.79 Å². The average molecular weight is 362 g/mol. The zero-order valence-electron chi connectivity index (χ0n) is 15.5. The molecule has 0 fully saturated rings. The van der Waals surface area contributed by atoms with Crippen LogP contribution in [0, 0.1) is 6.92 Å². The molecule has 0 saturated carbocycles. The Labute approximate surface area is 154 Å². The Hall–Kier alpha value is -2.01. The number of carbonyl (C=O) groups is 1. The van der Waals surface area contributed by atoms with Crippen LogP contribution in [0.15, 0.2) is 29.6 Å². The molecule has 0 spiro atoms. The van der Waals surface area contributed by atoms with Gasteiger partial charge in [-0.2, -0.15) is 0 Å². The molecular weight excluding hydrogens is 334 g/mol. The van der Waals surface area contributed by atoms with E-state index >= 15 is 0 Å². The molecule has 0 aliphatic heterocycles. The van der Waals surface area contributed by atoms with E-state index in [2.05, 4.69) is 32.2 Å². The van der Waals surface area contributed by atoms with E-state index in [1.165, 1.54) is 10.4 Å². The highest BCUT2D eigenvalue weighted by Crippen LogP contribution is 2.29. The normalized spacial score (nSPS) is 10.6. The van der Waals surface area contributed by atoms with Gasteiger partial charge in [0.2, 0.25) is 0 Å². The average Bonchev–Trinajstić information content (AvgIpc) is 3.02. The van der Waals surface area contributed by atoms with Gasteiger partial charge in [0.15, 0.2) is 11.5 Å². The predicted molar refractivity (Wildman–Crippen MR) is 103 cm³/mol. The van der Waals surface area contributed by atoms with Crippen LogP contribution in [-0.2, 0) is 6.54 Å². The highest BCUT2D eigenvalue weighted by molar-refractivity contribution is 7.10. The van der Waals surface area contributed by atoms with E-state index in [-0.39, 0.29) is 5.91 Å². The minimum atomic E-state index is -0.0174. The molecule has 0 aliphatic carbocycles. The van der Waals surface area contributed by atoms with Gasteiger partial charge < -0.3 is 14.4 Å². The van der Waals surface area contributed by atoms with Gasteiger partial charge in [0.25, 0.3) is 5.91 Å². The van der Waals surface area contributed by atoms with Crippen molar-refractivity contribution in [3.05, 3.63) is 45.6 Å². The number of nitrogens with zero attached hydrogens (tertiary/aromatic N) is 1. The van der Waals surface area contributed by atoms with Crippen LogP contribution < -0.4 is 9.47 Å². The lowest BCUT2D eigenvalue weighted by atomic mass is 10.1. The van der Waals surface area contributed by atoms with Crippen LogP contribution in [0.2, 0.25) is 0 Å². The molecule has 1 heterocycles. The topological polar surface area (TPSA) is 38.8 Å². The largest absolute Gasteiger partial charge is 0.490 e. The van der Waals surface area contributed by atoms with Crippen LogP contribution in [0.5, 0.6) is 11.5 Å². The van der Waals surface area contributed by atoms with Gasteiger partial charge in [-0.15, -0.1) is 11.3 Å². The minimum absolute atomic E-state index is 0.0174. The van der Waals surface area contributed by atoms with Crippen molar-refractivity contribution < 1.29 is 14.3 Å². The van der Waals surface area contributed by atoms with Crippen molar-refractivity contribution in [2.24, 2.45) is 0 Å². The summed E-state index contributed by atoms with van der Waals surface area (Å²) in [6.07, 6.45) is 1.83. The Morgan fingerprint density at radius 3 is 2.36 bits per heavy atom. The number of carbonyl (C=O) groups excluding carboxylic acids is 1. The van der Waals surface area contributed by atoms with E-state index in [1.54, 1.807) is 22.3 Å². The summed E-state index contributed by atoms with van der Waals surface area (Å²) in [6.45, 7) is 8.03. The molecule has 2 rings (SSSR count). The predicted octanol–water partition coefficient (Wildman–Crippen LogP) is 4.91. The molecule has 1 amide bonds. The van der Waals surface area contributed by atoms with E-state index < -0.39 is 0 Å². The van der Waals surface area contributed by atoms with Crippen molar-refractivity contribution in [2.75, 3.05) is 20.3 Å². The Morgan fingerprint density at radius 2 is 1.76 bits per heavy atom. The number of amides is 1. The van der Waals surface area contributed by atoms with Gasteiger partial charge >= 0.3 is 0 Å². The van der Waals surface area contributed by atoms with Gasteiger partial charge in [-0.1, -0.05) is 13.8 Å². The van der Waals surface area contributed by atoms with E-state index in [0.717, 1.165) is 12.8 Å². The maximum atomic E-state index is 12.8. The minimum Gasteiger partial charge on any atom is -0.490 e. The Kier molecular flexibility index (Phi) is 7.31. The maximum absolute atomic E-state index is 12.8. The standard InChI is InChI=1S/C20H27NO3S/c1-5-10-23-17-8-7-16(13-18(17)24-11-6-2)20(22)21(4)14-19-15(3)9-12-25-19/h7-9,12-13H,5-6,10-11,14H2,1-4H3. The van der Waals surface area contributed by atoms with Crippen LogP contribution in [0.3, 0.4) is 0 Å². The SMILES string of the molecule is CCCOc1ccc(C(=O)N(C)Cc2sccc2C)cc1OCCC. The van der Waals surface area contributed by atoms with Crippen LogP contribution in [0.25, 0.3) is 0 Å². The van der Waals surface area contributed by atoms with E-state index in [0.29, 0.717) is 36.8 Å². The van der Waals surface area contributed by atoms with Crippen molar-refractivity contribution in [2.45, 2.75) is 40.2 Å². The number of aryl methyl sites for hydroxylation is 1. The quantitative estimate of drug-likeness (QED) is 0.637. The van der Waals surface area contributed by atoms with Gasteiger partial charge in [-0.25, -0.2) is 0 Å². The molecule has 136 valence electrons. The van der Waals surface area contributed by atoms with Crippen LogP contribution in [0.1, 0.15) is 47.5 Å². The smallest absolute Gasteiger partial charge is 0.254 e. The number of thiophene rings is 1. The monoisotopic (exact) mass is 361 g/mol. The maximum Gasteiger partial charge on any atom is 0.254 e. The first-order valence-corrected chi connectivity index (χ1v) is 9.62. The fourth-order valence-electron chi connectivity index (χ4n) is 2.37. The molecule has 0 bridgehead atoms. The number of hydrogen-bond acceptors (Lipinski definition) is 4. The number of hydrogen-bond donors (Lipinski definition) is 0. The molecule has 0 N–H and O–H groups in total. The summed E-state index contributed by atoms with van der Waals surface area (Å²) < 4.78 is 11.5. The summed E-state index contributed by atoms with van der Waals surface area (Å²) in [5, 5.41) is 2.06. The molecule has 4 nitrogen and oxygen atoms in total. The fraction of sp³-hybridized carbons (Fsp3) is 0.450. The number of benzene rings is 1. The number of rotatable bonds is 9. The molecule has 0 radical (unpaired) electrons. The third-order valence-corrected chi connectivity index (χ3v) is 4.82. The summed E-state index contributed by atoms with van der Waals surface area (Å²) in [7, 11) is 1.83. The molecule has 25 heavy (non-hydrogen) atoms. The van der Waals surface area contributed by atoms with Gasteiger partial charge in [-0.05, 0) is 55.0 Å². The van der Waals surface area contributed by atoms with Gasteiger partial charge in [-0.3, -0.25) is 4.79 Å². The first-order chi connectivity index (χ1) is 12.1. The number of ether oxygens (including phenoxy) is 2. The summed E-state index contributed by atoms with van der Waals surface area (Å²) in [5.74, 6) is 1.32.